The fraction of sp³-hybridized carbons (Fsp3) is 0.474. The van der Waals surface area contributed by atoms with Gasteiger partial charge in [-0.05, 0) is 12.0 Å². The van der Waals surface area contributed by atoms with Crippen molar-refractivity contribution in [2.24, 2.45) is 0 Å². The summed E-state index contributed by atoms with van der Waals surface area (Å²) in [6.45, 7) is 7.33. The van der Waals surface area contributed by atoms with E-state index in [9.17, 15) is 4.79 Å². The molecular formula is C19H26N4O2. The van der Waals surface area contributed by atoms with Crippen molar-refractivity contribution in [3.05, 3.63) is 48.2 Å². The average Bonchev–Trinajstić information content (AvgIpc) is 3.10. The second-order valence-electron chi connectivity index (χ2n) is 6.28. The summed E-state index contributed by atoms with van der Waals surface area (Å²) in [6.07, 6.45) is 2.67. The smallest absolute Gasteiger partial charge is 0.233 e. The maximum Gasteiger partial charge on any atom is 0.233 e. The Labute approximate surface area is 148 Å². The molecule has 1 aromatic carbocycles. The third kappa shape index (κ3) is 4.90. The van der Waals surface area contributed by atoms with Crippen LogP contribution in [0.2, 0.25) is 0 Å². The lowest BCUT2D eigenvalue weighted by molar-refractivity contribution is -0.117. The van der Waals surface area contributed by atoms with Gasteiger partial charge in [-0.25, -0.2) is 0 Å². The lowest BCUT2D eigenvalue weighted by Crippen LogP contribution is -2.38. The molecule has 0 bridgehead atoms. The molecule has 2 heterocycles. The lowest BCUT2D eigenvalue weighted by Gasteiger charge is -2.26. The number of rotatable bonds is 7. The van der Waals surface area contributed by atoms with Gasteiger partial charge in [0, 0.05) is 31.9 Å². The summed E-state index contributed by atoms with van der Waals surface area (Å²) in [6, 6.07) is 11.7. The SMILES string of the molecule is CCC(C(=O)Nc1ccn(CCN2CCOCC2)n1)c1ccccc1. The molecule has 1 fully saturated rings. The van der Waals surface area contributed by atoms with Gasteiger partial charge >= 0.3 is 0 Å². The summed E-state index contributed by atoms with van der Waals surface area (Å²) in [5.41, 5.74) is 1.04. The van der Waals surface area contributed by atoms with Crippen molar-refractivity contribution in [3.63, 3.8) is 0 Å². The van der Waals surface area contributed by atoms with Crippen LogP contribution in [0.3, 0.4) is 0 Å². The molecule has 6 nitrogen and oxygen atoms in total. The number of nitrogens with one attached hydrogen (secondary N) is 1. The molecule has 6 heteroatoms. The number of hydrogen-bond acceptors (Lipinski definition) is 4. The van der Waals surface area contributed by atoms with Crippen LogP contribution in [0.15, 0.2) is 42.6 Å². The van der Waals surface area contributed by atoms with Crippen molar-refractivity contribution in [2.45, 2.75) is 25.8 Å². The van der Waals surface area contributed by atoms with Crippen molar-refractivity contribution in [3.8, 4) is 0 Å². The Morgan fingerprint density at radius 2 is 1.96 bits per heavy atom. The van der Waals surface area contributed by atoms with Gasteiger partial charge in [0.15, 0.2) is 5.82 Å². The van der Waals surface area contributed by atoms with Crippen LogP contribution in [0, 0.1) is 0 Å². The summed E-state index contributed by atoms with van der Waals surface area (Å²) in [5, 5.41) is 7.42. The third-order valence-electron chi connectivity index (χ3n) is 4.57. The molecule has 1 aliphatic rings. The van der Waals surface area contributed by atoms with Crippen molar-refractivity contribution >= 4 is 11.7 Å². The van der Waals surface area contributed by atoms with E-state index in [1.807, 2.05) is 54.2 Å². The molecule has 1 unspecified atom stereocenters. The number of aromatic nitrogens is 2. The number of morpholine rings is 1. The first-order valence-corrected chi connectivity index (χ1v) is 8.95. The molecule has 0 saturated carbocycles. The Morgan fingerprint density at radius 3 is 2.68 bits per heavy atom. The van der Waals surface area contributed by atoms with Crippen LogP contribution in [0.1, 0.15) is 24.8 Å². The largest absolute Gasteiger partial charge is 0.379 e. The zero-order valence-electron chi connectivity index (χ0n) is 14.7. The molecule has 1 atom stereocenters. The van der Waals surface area contributed by atoms with Crippen LogP contribution in [0.4, 0.5) is 5.82 Å². The van der Waals surface area contributed by atoms with Gasteiger partial charge in [0.2, 0.25) is 5.91 Å². The molecule has 25 heavy (non-hydrogen) atoms. The molecule has 134 valence electrons. The van der Waals surface area contributed by atoms with Gasteiger partial charge in [0.1, 0.15) is 0 Å². The monoisotopic (exact) mass is 342 g/mol. The topological polar surface area (TPSA) is 59.4 Å². The minimum atomic E-state index is -0.153. The standard InChI is InChI=1S/C19H26N4O2/c1-2-17(16-6-4-3-5-7-16)19(24)20-18-8-9-23(21-18)11-10-22-12-14-25-15-13-22/h3-9,17H,2,10-15H2,1H3,(H,20,21,24). The number of carbonyl (C=O) groups excluding carboxylic acids is 1. The third-order valence-corrected chi connectivity index (χ3v) is 4.57. The van der Waals surface area contributed by atoms with E-state index in [0.717, 1.165) is 51.4 Å². The van der Waals surface area contributed by atoms with E-state index >= 15 is 0 Å². The van der Waals surface area contributed by atoms with Crippen LogP contribution in [0.5, 0.6) is 0 Å². The van der Waals surface area contributed by atoms with E-state index in [-0.39, 0.29) is 11.8 Å². The molecular weight excluding hydrogens is 316 g/mol. The van der Waals surface area contributed by atoms with Gasteiger partial charge in [-0.3, -0.25) is 14.4 Å². The second kappa shape index (κ2) is 8.78. The summed E-state index contributed by atoms with van der Waals surface area (Å²) in [4.78, 5) is 14.9. The summed E-state index contributed by atoms with van der Waals surface area (Å²) in [5.74, 6) is 0.452. The first-order valence-electron chi connectivity index (χ1n) is 8.95. The number of benzene rings is 1. The van der Waals surface area contributed by atoms with E-state index in [0.29, 0.717) is 5.82 Å². The van der Waals surface area contributed by atoms with Crippen LogP contribution in [0.25, 0.3) is 0 Å². The zero-order valence-corrected chi connectivity index (χ0v) is 14.7. The van der Waals surface area contributed by atoms with Crippen LogP contribution in [-0.2, 0) is 16.1 Å². The van der Waals surface area contributed by atoms with E-state index in [2.05, 4.69) is 15.3 Å². The Hall–Kier alpha value is -2.18. The van der Waals surface area contributed by atoms with Gasteiger partial charge in [-0.2, -0.15) is 5.10 Å². The molecule has 0 radical (unpaired) electrons. The molecule has 1 saturated heterocycles. The van der Waals surface area contributed by atoms with Crippen molar-refractivity contribution < 1.29 is 9.53 Å². The molecule has 2 aromatic rings. The number of hydrogen-bond donors (Lipinski definition) is 1. The number of amides is 1. The van der Waals surface area contributed by atoms with Gasteiger partial charge < -0.3 is 10.1 Å². The Morgan fingerprint density at radius 1 is 1.20 bits per heavy atom. The summed E-state index contributed by atoms with van der Waals surface area (Å²) in [7, 11) is 0. The molecule has 1 aromatic heterocycles. The summed E-state index contributed by atoms with van der Waals surface area (Å²) < 4.78 is 7.24. The van der Waals surface area contributed by atoms with Gasteiger partial charge in [-0.1, -0.05) is 37.3 Å². The van der Waals surface area contributed by atoms with Gasteiger partial charge in [0.25, 0.3) is 0 Å². The van der Waals surface area contributed by atoms with Crippen molar-refractivity contribution in [1.82, 2.24) is 14.7 Å². The number of anilines is 1. The molecule has 1 aliphatic heterocycles. The molecule has 0 aliphatic carbocycles. The van der Waals surface area contributed by atoms with Crippen LogP contribution >= 0.6 is 0 Å². The fourth-order valence-corrected chi connectivity index (χ4v) is 3.09. The minimum Gasteiger partial charge on any atom is -0.379 e. The van der Waals surface area contributed by atoms with Crippen LogP contribution in [-0.4, -0.2) is 53.4 Å². The summed E-state index contributed by atoms with van der Waals surface area (Å²) >= 11 is 0. The minimum absolute atomic E-state index is 0.00729. The maximum atomic E-state index is 12.6. The second-order valence-corrected chi connectivity index (χ2v) is 6.28. The number of carbonyl (C=O) groups is 1. The average molecular weight is 342 g/mol. The first kappa shape index (κ1) is 17.6. The first-order chi connectivity index (χ1) is 12.3. The van der Waals surface area contributed by atoms with Gasteiger partial charge in [-0.15, -0.1) is 0 Å². The van der Waals surface area contributed by atoms with E-state index in [4.69, 9.17) is 4.74 Å². The zero-order chi connectivity index (χ0) is 17.5. The maximum absolute atomic E-state index is 12.6. The van der Waals surface area contributed by atoms with E-state index in [1.165, 1.54) is 0 Å². The predicted molar refractivity (Wildman–Crippen MR) is 97.6 cm³/mol. The van der Waals surface area contributed by atoms with Crippen molar-refractivity contribution in [1.29, 1.82) is 0 Å². The highest BCUT2D eigenvalue weighted by molar-refractivity contribution is 5.95. The molecule has 1 N–H and O–H groups in total. The predicted octanol–water partition coefficient (Wildman–Crippen LogP) is 2.35. The van der Waals surface area contributed by atoms with Gasteiger partial charge in [0.05, 0.1) is 25.7 Å². The number of ether oxygens (including phenoxy) is 1. The van der Waals surface area contributed by atoms with E-state index < -0.39 is 0 Å². The highest BCUT2D eigenvalue weighted by Crippen LogP contribution is 2.21. The van der Waals surface area contributed by atoms with E-state index in [1.54, 1.807) is 0 Å². The highest BCUT2D eigenvalue weighted by atomic mass is 16.5. The number of nitrogens with zero attached hydrogens (tertiary/aromatic N) is 3. The normalized spacial score (nSPS) is 16.5. The van der Waals surface area contributed by atoms with Crippen LogP contribution < -0.4 is 5.32 Å². The lowest BCUT2D eigenvalue weighted by atomic mass is 9.96. The Kier molecular flexibility index (Phi) is 6.19. The molecule has 0 spiro atoms. The Bertz CT molecular complexity index is 665. The molecule has 1 amide bonds. The highest BCUT2D eigenvalue weighted by Gasteiger charge is 2.19. The quantitative estimate of drug-likeness (QED) is 0.839. The molecule has 3 rings (SSSR count). The fourth-order valence-electron chi connectivity index (χ4n) is 3.09. The Balaban J connectivity index is 1.54. The van der Waals surface area contributed by atoms with Crippen molar-refractivity contribution in [2.75, 3.05) is 38.2 Å².